The Balaban J connectivity index is 1.45. The Labute approximate surface area is 156 Å². The number of nitrogens with zero attached hydrogens (tertiary/aromatic N) is 5. The number of nitrogens with one attached hydrogen (secondary N) is 2. The van der Waals surface area contributed by atoms with Crippen LogP contribution in [0.3, 0.4) is 0 Å². The quantitative estimate of drug-likeness (QED) is 0.666. The maximum atomic E-state index is 12.4. The molecule has 27 heavy (non-hydrogen) atoms. The van der Waals surface area contributed by atoms with Crippen LogP contribution < -0.4 is 4.72 Å². The lowest BCUT2D eigenvalue weighted by atomic mass is 10.1. The van der Waals surface area contributed by atoms with Crippen molar-refractivity contribution in [2.45, 2.75) is 19.4 Å². The minimum absolute atomic E-state index is 0.226. The van der Waals surface area contributed by atoms with Crippen molar-refractivity contribution < 1.29 is 8.42 Å². The molecule has 1 atom stereocenters. The van der Waals surface area contributed by atoms with Gasteiger partial charge in [-0.15, -0.1) is 0 Å². The molecule has 0 amide bonds. The number of hydrogen-bond donors (Lipinski definition) is 2. The fraction of sp³-hybridized carbons (Fsp3) is 0.353. The number of H-pyrrole nitrogens is 1. The summed E-state index contributed by atoms with van der Waals surface area (Å²) in [6.45, 7) is 4.96. The van der Waals surface area contributed by atoms with Crippen molar-refractivity contribution in [3.8, 4) is 6.07 Å². The number of hydrogen-bond acceptors (Lipinski definition) is 5. The molecule has 0 aromatic carbocycles. The fourth-order valence-corrected chi connectivity index (χ4v) is 4.66. The zero-order valence-corrected chi connectivity index (χ0v) is 15.4. The van der Waals surface area contributed by atoms with Crippen LogP contribution >= 0.6 is 0 Å². The Hall–Kier alpha value is -2.90. The summed E-state index contributed by atoms with van der Waals surface area (Å²) in [6.07, 6.45) is 6.24. The molecule has 0 saturated carbocycles. The highest BCUT2D eigenvalue weighted by atomic mass is 32.2. The van der Waals surface area contributed by atoms with Crippen LogP contribution in [0, 0.1) is 17.2 Å². The number of aromatic amines is 1. The van der Waals surface area contributed by atoms with E-state index < -0.39 is 10.2 Å². The molecular formula is C17H19N7O2S. The Morgan fingerprint density at radius 1 is 1.48 bits per heavy atom. The SMILES string of the molecule is C=C(CCn1cnc2cnc3[nH]ccc3c21)NS(=O)(=O)N1CCC(C#N)C1. The maximum Gasteiger partial charge on any atom is 0.301 e. The molecule has 4 rings (SSSR count). The first kappa shape index (κ1) is 17.5. The number of imidazole rings is 1. The first-order chi connectivity index (χ1) is 13.0. The van der Waals surface area contributed by atoms with Crippen LogP contribution in [0.25, 0.3) is 22.1 Å². The van der Waals surface area contributed by atoms with E-state index in [0.29, 0.717) is 31.6 Å². The van der Waals surface area contributed by atoms with Crippen molar-refractivity contribution in [3.05, 3.63) is 37.1 Å². The number of nitriles is 1. The van der Waals surface area contributed by atoms with Gasteiger partial charge in [0, 0.05) is 43.3 Å². The molecule has 1 fully saturated rings. The smallest absolute Gasteiger partial charge is 0.301 e. The zero-order valence-electron chi connectivity index (χ0n) is 14.6. The minimum Gasteiger partial charge on any atom is -0.346 e. The molecule has 3 aromatic rings. The van der Waals surface area contributed by atoms with Gasteiger partial charge in [-0.05, 0) is 12.5 Å². The van der Waals surface area contributed by atoms with Gasteiger partial charge in [0.05, 0.1) is 30.0 Å². The summed E-state index contributed by atoms with van der Waals surface area (Å²) < 4.78 is 30.7. The highest BCUT2D eigenvalue weighted by Crippen LogP contribution is 2.23. The van der Waals surface area contributed by atoms with Crippen molar-refractivity contribution in [1.82, 2.24) is 28.5 Å². The second kappa shape index (κ2) is 6.68. The Bertz CT molecular complexity index is 1160. The lowest BCUT2D eigenvalue weighted by Crippen LogP contribution is -2.38. The maximum absolute atomic E-state index is 12.4. The standard InChI is InChI=1S/C17H19N7O2S/c1-12(22-27(25,26)24-7-4-13(8-18)10-24)3-6-23-11-21-15-9-20-17-14(16(15)23)2-5-19-17/h2,5,9,11,13,22H,1,3-4,6-7,10H2,(H,19,20). The Morgan fingerprint density at radius 2 is 2.33 bits per heavy atom. The molecule has 0 aliphatic carbocycles. The first-order valence-electron chi connectivity index (χ1n) is 8.60. The van der Waals surface area contributed by atoms with E-state index in [1.807, 2.05) is 16.8 Å². The van der Waals surface area contributed by atoms with Gasteiger partial charge < -0.3 is 9.55 Å². The van der Waals surface area contributed by atoms with E-state index in [4.69, 9.17) is 5.26 Å². The molecule has 9 nitrogen and oxygen atoms in total. The van der Waals surface area contributed by atoms with E-state index in [1.165, 1.54) is 4.31 Å². The second-order valence-electron chi connectivity index (χ2n) is 6.60. The molecule has 0 spiro atoms. The van der Waals surface area contributed by atoms with Crippen LogP contribution in [-0.2, 0) is 16.8 Å². The summed E-state index contributed by atoms with van der Waals surface area (Å²) in [5, 5.41) is 9.91. The molecule has 0 bridgehead atoms. The van der Waals surface area contributed by atoms with Gasteiger partial charge in [0.2, 0.25) is 0 Å². The van der Waals surface area contributed by atoms with Crippen LogP contribution in [-0.4, -0.2) is 45.3 Å². The average Bonchev–Trinajstić information content (AvgIpc) is 3.36. The van der Waals surface area contributed by atoms with Gasteiger partial charge in [-0.2, -0.15) is 18.0 Å². The highest BCUT2D eigenvalue weighted by molar-refractivity contribution is 7.87. The summed E-state index contributed by atoms with van der Waals surface area (Å²) in [7, 11) is -3.67. The van der Waals surface area contributed by atoms with Gasteiger partial charge in [-0.3, -0.25) is 4.72 Å². The molecule has 10 heteroatoms. The molecule has 2 N–H and O–H groups in total. The van der Waals surface area contributed by atoms with E-state index in [1.54, 1.807) is 12.5 Å². The number of aryl methyl sites for hydroxylation is 1. The zero-order chi connectivity index (χ0) is 19.0. The summed E-state index contributed by atoms with van der Waals surface area (Å²) in [6, 6.07) is 4.06. The molecule has 4 heterocycles. The Kier molecular flexibility index (Phi) is 4.33. The second-order valence-corrected chi connectivity index (χ2v) is 8.27. The van der Waals surface area contributed by atoms with Gasteiger partial charge in [0.25, 0.3) is 0 Å². The molecule has 3 aromatic heterocycles. The molecule has 140 valence electrons. The molecule has 1 unspecified atom stereocenters. The number of aromatic nitrogens is 4. The van der Waals surface area contributed by atoms with Crippen molar-refractivity contribution in [1.29, 1.82) is 5.26 Å². The van der Waals surface area contributed by atoms with Crippen molar-refractivity contribution in [2.75, 3.05) is 13.1 Å². The third-order valence-corrected chi connectivity index (χ3v) is 6.32. The summed E-state index contributed by atoms with van der Waals surface area (Å²) in [4.78, 5) is 11.7. The van der Waals surface area contributed by atoms with E-state index >= 15 is 0 Å². The van der Waals surface area contributed by atoms with Gasteiger partial charge in [0.15, 0.2) is 0 Å². The number of allylic oxidation sites excluding steroid dienone is 1. The van der Waals surface area contributed by atoms with Gasteiger partial charge in [0.1, 0.15) is 11.2 Å². The number of pyridine rings is 1. The summed E-state index contributed by atoms with van der Waals surface area (Å²) >= 11 is 0. The molecule has 1 aliphatic rings. The van der Waals surface area contributed by atoms with Crippen LogP contribution in [0.15, 0.2) is 37.1 Å². The van der Waals surface area contributed by atoms with Crippen molar-refractivity contribution >= 4 is 32.3 Å². The van der Waals surface area contributed by atoms with Crippen molar-refractivity contribution in [2.24, 2.45) is 5.92 Å². The number of rotatable bonds is 6. The lowest BCUT2D eigenvalue weighted by molar-refractivity contribution is 0.463. The normalized spacial score (nSPS) is 18.1. The summed E-state index contributed by atoms with van der Waals surface area (Å²) in [5.41, 5.74) is 2.92. The van der Waals surface area contributed by atoms with E-state index in [0.717, 1.165) is 22.1 Å². The highest BCUT2D eigenvalue weighted by Gasteiger charge is 2.31. The number of fused-ring (bicyclic) bond motifs is 3. The van der Waals surface area contributed by atoms with Gasteiger partial charge in [-0.25, -0.2) is 9.97 Å². The molecule has 1 saturated heterocycles. The predicted octanol–water partition coefficient (Wildman–Crippen LogP) is 1.50. The van der Waals surface area contributed by atoms with Crippen LogP contribution in [0.2, 0.25) is 0 Å². The fourth-order valence-electron chi connectivity index (χ4n) is 3.34. The molecule has 1 aliphatic heterocycles. The monoisotopic (exact) mass is 385 g/mol. The lowest BCUT2D eigenvalue weighted by Gasteiger charge is -2.18. The van der Waals surface area contributed by atoms with Gasteiger partial charge in [-0.1, -0.05) is 6.58 Å². The minimum atomic E-state index is -3.67. The van der Waals surface area contributed by atoms with E-state index in [9.17, 15) is 8.42 Å². The van der Waals surface area contributed by atoms with Crippen LogP contribution in [0.5, 0.6) is 0 Å². The predicted molar refractivity (Wildman–Crippen MR) is 100 cm³/mol. The van der Waals surface area contributed by atoms with Crippen LogP contribution in [0.4, 0.5) is 0 Å². The van der Waals surface area contributed by atoms with E-state index in [2.05, 4.69) is 32.3 Å². The topological polar surface area (TPSA) is 120 Å². The van der Waals surface area contributed by atoms with Crippen LogP contribution in [0.1, 0.15) is 12.8 Å². The van der Waals surface area contributed by atoms with Crippen molar-refractivity contribution in [3.63, 3.8) is 0 Å². The third kappa shape index (κ3) is 3.27. The molecular weight excluding hydrogens is 366 g/mol. The Morgan fingerprint density at radius 3 is 3.11 bits per heavy atom. The largest absolute Gasteiger partial charge is 0.346 e. The molecule has 0 radical (unpaired) electrons. The van der Waals surface area contributed by atoms with Gasteiger partial charge >= 0.3 is 10.2 Å². The average molecular weight is 385 g/mol. The summed E-state index contributed by atoms with van der Waals surface area (Å²) in [5.74, 6) is -0.246. The first-order valence-corrected chi connectivity index (χ1v) is 10.0. The van der Waals surface area contributed by atoms with E-state index in [-0.39, 0.29) is 12.5 Å². The third-order valence-electron chi connectivity index (χ3n) is 4.76.